The van der Waals surface area contributed by atoms with E-state index in [2.05, 4.69) is 57.1 Å². The van der Waals surface area contributed by atoms with Gasteiger partial charge in [-0.3, -0.25) is 4.79 Å². The van der Waals surface area contributed by atoms with Gasteiger partial charge in [0.2, 0.25) is 5.91 Å². The normalized spacial score (nSPS) is 15.5. The van der Waals surface area contributed by atoms with Gasteiger partial charge < -0.3 is 15.0 Å². The zero-order valence-corrected chi connectivity index (χ0v) is 14.8. The minimum atomic E-state index is -0.00155. The highest BCUT2D eigenvalue weighted by atomic mass is 16.5. The molecule has 1 aliphatic rings. The number of benzene rings is 1. The number of hydrogen-bond donors (Lipinski definition) is 1. The minimum Gasteiger partial charge on any atom is -0.380 e. The summed E-state index contributed by atoms with van der Waals surface area (Å²) in [5.74, 6) is 0.663. The Balaban J connectivity index is 2.10. The van der Waals surface area contributed by atoms with Gasteiger partial charge in [-0.05, 0) is 49.9 Å². The average Bonchev–Trinajstić information content (AvgIpc) is 2.42. The number of rotatable bonds is 6. The molecule has 4 nitrogen and oxygen atoms in total. The van der Waals surface area contributed by atoms with E-state index in [1.807, 2.05) is 12.1 Å². The lowest BCUT2D eigenvalue weighted by Crippen LogP contribution is -2.38. The Bertz CT molecular complexity index is 589. The number of amides is 1. The van der Waals surface area contributed by atoms with Gasteiger partial charge in [-0.2, -0.15) is 0 Å². The molecule has 0 unspecified atom stereocenters. The predicted octanol–water partition coefficient (Wildman–Crippen LogP) is 3.97. The SMILES string of the molecule is C/C=C(/CC(C)C)N(C)c1ccc(NC(=O)C2COC2)cc1C. The molecule has 1 aromatic carbocycles. The lowest BCUT2D eigenvalue weighted by molar-refractivity contribution is -0.133. The number of allylic oxidation sites excluding steroid dienone is 2. The number of carbonyl (C=O) groups is 1. The van der Waals surface area contributed by atoms with Crippen LogP contribution in [0.3, 0.4) is 0 Å². The van der Waals surface area contributed by atoms with Crippen LogP contribution in [0.2, 0.25) is 0 Å². The largest absolute Gasteiger partial charge is 0.380 e. The zero-order valence-electron chi connectivity index (χ0n) is 14.8. The maximum absolute atomic E-state index is 12.0. The van der Waals surface area contributed by atoms with Gasteiger partial charge in [0.05, 0.1) is 19.1 Å². The molecule has 126 valence electrons. The number of anilines is 2. The van der Waals surface area contributed by atoms with Crippen LogP contribution < -0.4 is 10.2 Å². The minimum absolute atomic E-state index is 0.00155. The van der Waals surface area contributed by atoms with E-state index < -0.39 is 0 Å². The lowest BCUT2D eigenvalue weighted by atomic mass is 10.0. The predicted molar refractivity (Wildman–Crippen MR) is 95.7 cm³/mol. The van der Waals surface area contributed by atoms with Crippen molar-refractivity contribution in [2.75, 3.05) is 30.5 Å². The van der Waals surface area contributed by atoms with Crippen molar-refractivity contribution in [3.8, 4) is 0 Å². The topological polar surface area (TPSA) is 41.6 Å². The van der Waals surface area contributed by atoms with E-state index in [-0.39, 0.29) is 11.8 Å². The molecule has 0 atom stereocenters. The first-order valence-corrected chi connectivity index (χ1v) is 8.30. The van der Waals surface area contributed by atoms with Crippen LogP contribution in [-0.2, 0) is 9.53 Å². The fraction of sp³-hybridized carbons (Fsp3) is 0.526. The lowest BCUT2D eigenvalue weighted by Gasteiger charge is -2.27. The van der Waals surface area contributed by atoms with Crippen LogP contribution in [0.4, 0.5) is 11.4 Å². The van der Waals surface area contributed by atoms with Gasteiger partial charge in [0.15, 0.2) is 0 Å². The monoisotopic (exact) mass is 316 g/mol. The van der Waals surface area contributed by atoms with Gasteiger partial charge in [0.25, 0.3) is 0 Å². The van der Waals surface area contributed by atoms with Crippen molar-refractivity contribution in [2.24, 2.45) is 11.8 Å². The smallest absolute Gasteiger partial charge is 0.232 e. The molecule has 0 saturated carbocycles. The summed E-state index contributed by atoms with van der Waals surface area (Å²) in [4.78, 5) is 14.2. The summed E-state index contributed by atoms with van der Waals surface area (Å²) in [6.45, 7) is 9.69. The second kappa shape index (κ2) is 7.64. The summed E-state index contributed by atoms with van der Waals surface area (Å²) >= 11 is 0. The molecule has 1 fully saturated rings. The maximum Gasteiger partial charge on any atom is 0.232 e. The second-order valence-electron chi connectivity index (χ2n) is 6.66. The third kappa shape index (κ3) is 4.35. The van der Waals surface area contributed by atoms with Gasteiger partial charge in [-0.25, -0.2) is 0 Å². The Morgan fingerprint density at radius 1 is 1.43 bits per heavy atom. The Morgan fingerprint density at radius 2 is 2.13 bits per heavy atom. The summed E-state index contributed by atoms with van der Waals surface area (Å²) in [5.41, 5.74) is 4.48. The number of nitrogens with zero attached hydrogens (tertiary/aromatic N) is 1. The van der Waals surface area contributed by atoms with Crippen molar-refractivity contribution in [2.45, 2.75) is 34.1 Å². The molecule has 1 amide bonds. The molecule has 0 aliphatic carbocycles. The second-order valence-corrected chi connectivity index (χ2v) is 6.66. The van der Waals surface area contributed by atoms with E-state index in [1.54, 1.807) is 0 Å². The molecule has 1 aliphatic heterocycles. The van der Waals surface area contributed by atoms with Crippen LogP contribution in [0.25, 0.3) is 0 Å². The molecule has 0 bridgehead atoms. The van der Waals surface area contributed by atoms with Crippen molar-refractivity contribution in [3.05, 3.63) is 35.5 Å². The molecule has 0 aromatic heterocycles. The first-order chi connectivity index (χ1) is 10.9. The van der Waals surface area contributed by atoms with E-state index in [9.17, 15) is 4.79 Å². The van der Waals surface area contributed by atoms with Crippen LogP contribution in [0, 0.1) is 18.8 Å². The van der Waals surface area contributed by atoms with Crippen molar-refractivity contribution < 1.29 is 9.53 Å². The number of nitrogens with one attached hydrogen (secondary N) is 1. The molecule has 1 saturated heterocycles. The van der Waals surface area contributed by atoms with Crippen LogP contribution in [0.5, 0.6) is 0 Å². The fourth-order valence-electron chi connectivity index (χ4n) is 2.76. The number of hydrogen-bond acceptors (Lipinski definition) is 3. The highest BCUT2D eigenvalue weighted by molar-refractivity contribution is 5.93. The van der Waals surface area contributed by atoms with Crippen LogP contribution in [-0.4, -0.2) is 26.2 Å². The van der Waals surface area contributed by atoms with Crippen LogP contribution >= 0.6 is 0 Å². The van der Waals surface area contributed by atoms with Crippen LogP contribution in [0.15, 0.2) is 30.0 Å². The molecule has 1 heterocycles. The van der Waals surface area contributed by atoms with E-state index in [0.29, 0.717) is 19.1 Å². The summed E-state index contributed by atoms with van der Waals surface area (Å²) in [6, 6.07) is 6.08. The quantitative estimate of drug-likeness (QED) is 0.863. The van der Waals surface area contributed by atoms with Crippen molar-refractivity contribution in [3.63, 3.8) is 0 Å². The highest BCUT2D eigenvalue weighted by Crippen LogP contribution is 2.28. The summed E-state index contributed by atoms with van der Waals surface area (Å²) < 4.78 is 5.06. The van der Waals surface area contributed by atoms with E-state index in [0.717, 1.165) is 17.7 Å². The molecule has 1 aromatic rings. The van der Waals surface area contributed by atoms with Crippen molar-refractivity contribution in [1.29, 1.82) is 0 Å². The molecule has 1 N–H and O–H groups in total. The standard InChI is InChI=1S/C19H28N2O2/c1-6-17(9-13(2)3)21(5)18-8-7-16(10-14(18)4)20-19(22)15-11-23-12-15/h6-8,10,13,15H,9,11-12H2,1-5H3,(H,20,22)/b17-6-. The van der Waals surface area contributed by atoms with Crippen molar-refractivity contribution >= 4 is 17.3 Å². The van der Waals surface area contributed by atoms with Gasteiger partial charge >= 0.3 is 0 Å². The van der Waals surface area contributed by atoms with Crippen LogP contribution in [0.1, 0.15) is 32.8 Å². The Hall–Kier alpha value is -1.81. The Kier molecular flexibility index (Phi) is 5.83. The van der Waals surface area contributed by atoms with Crippen molar-refractivity contribution in [1.82, 2.24) is 0 Å². The molecule has 23 heavy (non-hydrogen) atoms. The third-order valence-corrected chi connectivity index (χ3v) is 4.22. The molecule has 4 heteroatoms. The molecule has 2 rings (SSSR count). The zero-order chi connectivity index (χ0) is 17.0. The number of aryl methyl sites for hydroxylation is 1. The van der Waals surface area contributed by atoms with E-state index >= 15 is 0 Å². The van der Waals surface area contributed by atoms with E-state index in [1.165, 1.54) is 11.4 Å². The van der Waals surface area contributed by atoms with Gasteiger partial charge in [0, 0.05) is 24.1 Å². The number of ether oxygens (including phenoxy) is 1. The highest BCUT2D eigenvalue weighted by Gasteiger charge is 2.26. The molecule has 0 radical (unpaired) electrons. The number of carbonyl (C=O) groups excluding carboxylic acids is 1. The molecular formula is C19H28N2O2. The third-order valence-electron chi connectivity index (χ3n) is 4.22. The fourth-order valence-corrected chi connectivity index (χ4v) is 2.76. The summed E-state index contributed by atoms with van der Waals surface area (Å²) in [7, 11) is 2.10. The van der Waals surface area contributed by atoms with Gasteiger partial charge in [-0.15, -0.1) is 0 Å². The Morgan fingerprint density at radius 3 is 2.61 bits per heavy atom. The molecule has 0 spiro atoms. The van der Waals surface area contributed by atoms with Gasteiger partial charge in [-0.1, -0.05) is 19.9 Å². The summed E-state index contributed by atoms with van der Waals surface area (Å²) in [5, 5.41) is 2.97. The van der Waals surface area contributed by atoms with E-state index in [4.69, 9.17) is 4.74 Å². The Labute approximate surface area is 139 Å². The maximum atomic E-state index is 12.0. The summed E-state index contributed by atoms with van der Waals surface area (Å²) in [6.07, 6.45) is 3.22. The average molecular weight is 316 g/mol. The van der Waals surface area contributed by atoms with Gasteiger partial charge in [0.1, 0.15) is 0 Å². The molecular weight excluding hydrogens is 288 g/mol. The first kappa shape index (κ1) is 17.5. The first-order valence-electron chi connectivity index (χ1n) is 8.30.